The number of benzene rings is 1. The molecular weight excluding hydrogens is 305 g/mol. The molecule has 1 aromatic heterocycles. The van der Waals surface area contributed by atoms with E-state index in [0.717, 1.165) is 6.92 Å². The van der Waals surface area contributed by atoms with Gasteiger partial charge >= 0.3 is 5.97 Å². The molecule has 0 spiro atoms. The van der Waals surface area contributed by atoms with Crippen molar-refractivity contribution in [1.29, 1.82) is 0 Å². The summed E-state index contributed by atoms with van der Waals surface area (Å²) < 4.78 is 14.4. The van der Waals surface area contributed by atoms with Gasteiger partial charge in [0.15, 0.2) is 5.60 Å². The summed E-state index contributed by atoms with van der Waals surface area (Å²) in [7, 11) is 0. The smallest absolute Gasteiger partial charge is 0.337 e. The number of halogens is 1. The SMILES string of the molecule is Cc1c(C(=O)NCC(C)(O)C(=O)O)cnn1-c1ccc(F)cc1. The fourth-order valence-corrected chi connectivity index (χ4v) is 1.90. The number of carboxylic acid groups (broad SMARTS) is 1. The minimum atomic E-state index is -2.06. The average Bonchev–Trinajstić information content (AvgIpc) is 2.87. The Labute approximate surface area is 131 Å². The van der Waals surface area contributed by atoms with Crippen LogP contribution in [0, 0.1) is 12.7 Å². The van der Waals surface area contributed by atoms with Crippen molar-refractivity contribution in [1.82, 2.24) is 15.1 Å². The standard InChI is InChI=1S/C15H16FN3O4/c1-9-12(13(20)17-8-15(2,23)14(21)22)7-18-19(9)11-5-3-10(16)4-6-11/h3-7,23H,8H2,1-2H3,(H,17,20)(H,21,22). The molecule has 2 rings (SSSR count). The molecular formula is C15H16FN3O4. The Hall–Kier alpha value is -2.74. The number of aliphatic hydroxyl groups is 1. The molecule has 0 aliphatic heterocycles. The molecule has 0 radical (unpaired) electrons. The molecule has 23 heavy (non-hydrogen) atoms. The van der Waals surface area contributed by atoms with E-state index in [1.54, 1.807) is 6.92 Å². The second-order valence-electron chi connectivity index (χ2n) is 5.29. The molecule has 2 aromatic rings. The van der Waals surface area contributed by atoms with Crippen molar-refractivity contribution in [3.8, 4) is 5.69 Å². The molecule has 1 aromatic carbocycles. The molecule has 1 unspecified atom stereocenters. The first-order valence-corrected chi connectivity index (χ1v) is 6.77. The number of nitrogens with one attached hydrogen (secondary N) is 1. The summed E-state index contributed by atoms with van der Waals surface area (Å²) in [6.07, 6.45) is 1.32. The van der Waals surface area contributed by atoms with Gasteiger partial charge < -0.3 is 15.5 Å². The maximum atomic E-state index is 12.9. The first-order valence-electron chi connectivity index (χ1n) is 6.77. The van der Waals surface area contributed by atoms with Crippen LogP contribution < -0.4 is 5.32 Å². The predicted octanol–water partition coefficient (Wildman–Crippen LogP) is 0.885. The summed E-state index contributed by atoms with van der Waals surface area (Å²) in [5.41, 5.74) is -0.740. The number of amides is 1. The normalized spacial score (nSPS) is 13.4. The number of carbonyl (C=O) groups is 2. The average molecular weight is 321 g/mol. The number of rotatable bonds is 5. The lowest BCUT2D eigenvalue weighted by Gasteiger charge is -2.18. The zero-order valence-electron chi connectivity index (χ0n) is 12.6. The van der Waals surface area contributed by atoms with Gasteiger partial charge in [0.1, 0.15) is 5.82 Å². The third kappa shape index (κ3) is 3.54. The Balaban J connectivity index is 2.17. The summed E-state index contributed by atoms with van der Waals surface area (Å²) in [6, 6.07) is 5.60. The molecule has 122 valence electrons. The van der Waals surface area contributed by atoms with Crippen LogP contribution in [0.4, 0.5) is 4.39 Å². The maximum absolute atomic E-state index is 12.9. The van der Waals surface area contributed by atoms with Crippen LogP contribution in [0.2, 0.25) is 0 Å². The van der Waals surface area contributed by atoms with Gasteiger partial charge in [0.05, 0.1) is 29.7 Å². The number of nitrogens with zero attached hydrogens (tertiary/aromatic N) is 2. The van der Waals surface area contributed by atoms with Crippen molar-refractivity contribution in [2.45, 2.75) is 19.4 Å². The van der Waals surface area contributed by atoms with Gasteiger partial charge in [-0.05, 0) is 38.1 Å². The fraction of sp³-hybridized carbons (Fsp3) is 0.267. The first kappa shape index (κ1) is 16.6. The van der Waals surface area contributed by atoms with Crippen LogP contribution in [0.3, 0.4) is 0 Å². The van der Waals surface area contributed by atoms with Crippen LogP contribution >= 0.6 is 0 Å². The molecule has 0 saturated heterocycles. The van der Waals surface area contributed by atoms with Crippen LogP contribution in [-0.2, 0) is 4.79 Å². The van der Waals surface area contributed by atoms with Crippen molar-refractivity contribution < 1.29 is 24.2 Å². The Bertz CT molecular complexity index is 738. The van der Waals surface area contributed by atoms with Gasteiger partial charge in [0.25, 0.3) is 5.91 Å². The largest absolute Gasteiger partial charge is 0.479 e. The number of hydrogen-bond acceptors (Lipinski definition) is 4. The molecule has 0 aliphatic rings. The van der Waals surface area contributed by atoms with E-state index in [9.17, 15) is 19.1 Å². The summed E-state index contributed by atoms with van der Waals surface area (Å²) in [5.74, 6) is -2.37. The minimum absolute atomic E-state index is 0.232. The van der Waals surface area contributed by atoms with E-state index >= 15 is 0 Å². The highest BCUT2D eigenvalue weighted by atomic mass is 19.1. The Kier molecular flexibility index (Phi) is 4.46. The highest BCUT2D eigenvalue weighted by Crippen LogP contribution is 2.15. The van der Waals surface area contributed by atoms with Crippen LogP contribution in [0.1, 0.15) is 23.0 Å². The molecule has 0 bridgehead atoms. The van der Waals surface area contributed by atoms with E-state index < -0.39 is 24.0 Å². The van der Waals surface area contributed by atoms with Gasteiger partial charge in [-0.25, -0.2) is 13.9 Å². The third-order valence-corrected chi connectivity index (χ3v) is 3.38. The van der Waals surface area contributed by atoms with E-state index in [2.05, 4.69) is 10.4 Å². The Morgan fingerprint density at radius 3 is 2.52 bits per heavy atom. The number of hydrogen-bond donors (Lipinski definition) is 3. The zero-order chi connectivity index (χ0) is 17.2. The van der Waals surface area contributed by atoms with Crippen LogP contribution in [0.15, 0.2) is 30.5 Å². The van der Waals surface area contributed by atoms with Gasteiger partial charge in [0, 0.05) is 0 Å². The monoisotopic (exact) mass is 321 g/mol. The molecule has 0 aliphatic carbocycles. The van der Waals surface area contributed by atoms with E-state index in [1.165, 1.54) is 35.1 Å². The lowest BCUT2D eigenvalue weighted by Crippen LogP contribution is -2.46. The van der Waals surface area contributed by atoms with Gasteiger partial charge in [-0.3, -0.25) is 4.79 Å². The number of aromatic nitrogens is 2. The molecule has 0 saturated carbocycles. The Morgan fingerprint density at radius 1 is 1.35 bits per heavy atom. The number of carbonyl (C=O) groups excluding carboxylic acids is 1. The van der Waals surface area contributed by atoms with Crippen molar-refractivity contribution in [2.24, 2.45) is 0 Å². The molecule has 7 nitrogen and oxygen atoms in total. The molecule has 1 heterocycles. The highest BCUT2D eigenvalue weighted by Gasteiger charge is 2.30. The van der Waals surface area contributed by atoms with Crippen LogP contribution in [0.5, 0.6) is 0 Å². The fourth-order valence-electron chi connectivity index (χ4n) is 1.90. The van der Waals surface area contributed by atoms with Gasteiger partial charge in [-0.1, -0.05) is 0 Å². The van der Waals surface area contributed by atoms with Crippen molar-refractivity contribution in [2.75, 3.05) is 6.54 Å². The Morgan fingerprint density at radius 2 is 1.96 bits per heavy atom. The van der Waals surface area contributed by atoms with Gasteiger partial charge in [-0.15, -0.1) is 0 Å². The molecule has 0 fully saturated rings. The first-order chi connectivity index (χ1) is 10.7. The minimum Gasteiger partial charge on any atom is -0.479 e. The van der Waals surface area contributed by atoms with E-state index in [-0.39, 0.29) is 11.4 Å². The second-order valence-corrected chi connectivity index (χ2v) is 5.29. The van der Waals surface area contributed by atoms with E-state index in [0.29, 0.717) is 11.4 Å². The third-order valence-electron chi connectivity index (χ3n) is 3.38. The zero-order valence-corrected chi connectivity index (χ0v) is 12.6. The summed E-state index contributed by atoms with van der Waals surface area (Å²) >= 11 is 0. The molecule has 1 atom stereocenters. The maximum Gasteiger partial charge on any atom is 0.337 e. The van der Waals surface area contributed by atoms with Crippen LogP contribution in [-0.4, -0.2) is 44.0 Å². The lowest BCUT2D eigenvalue weighted by atomic mass is 10.1. The van der Waals surface area contributed by atoms with Gasteiger partial charge in [0.2, 0.25) is 0 Å². The highest BCUT2D eigenvalue weighted by molar-refractivity contribution is 5.95. The topological polar surface area (TPSA) is 104 Å². The summed E-state index contributed by atoms with van der Waals surface area (Å²) in [6.45, 7) is 2.30. The van der Waals surface area contributed by atoms with Crippen molar-refractivity contribution in [3.05, 3.63) is 47.5 Å². The van der Waals surface area contributed by atoms with Crippen molar-refractivity contribution in [3.63, 3.8) is 0 Å². The molecule has 8 heteroatoms. The molecule has 1 amide bonds. The summed E-state index contributed by atoms with van der Waals surface area (Å²) in [5, 5.41) is 24.8. The second kappa shape index (κ2) is 6.17. The molecule has 3 N–H and O–H groups in total. The quantitative estimate of drug-likeness (QED) is 0.758. The van der Waals surface area contributed by atoms with E-state index in [1.807, 2.05) is 0 Å². The summed E-state index contributed by atoms with van der Waals surface area (Å²) in [4.78, 5) is 22.9. The van der Waals surface area contributed by atoms with Gasteiger partial charge in [-0.2, -0.15) is 5.10 Å². The van der Waals surface area contributed by atoms with E-state index in [4.69, 9.17) is 5.11 Å². The number of aliphatic carboxylic acids is 1. The van der Waals surface area contributed by atoms with Crippen molar-refractivity contribution >= 4 is 11.9 Å². The predicted molar refractivity (Wildman–Crippen MR) is 78.9 cm³/mol. The number of carboxylic acids is 1. The van der Waals surface area contributed by atoms with Crippen LogP contribution in [0.25, 0.3) is 5.69 Å². The lowest BCUT2D eigenvalue weighted by molar-refractivity contribution is -0.155.